The van der Waals surface area contributed by atoms with E-state index in [2.05, 4.69) is 19.2 Å². The third kappa shape index (κ3) is 8.91. The summed E-state index contributed by atoms with van der Waals surface area (Å²) in [6.07, 6.45) is 7.88. The van der Waals surface area contributed by atoms with Gasteiger partial charge in [-0.05, 0) is 30.5 Å². The van der Waals surface area contributed by atoms with Crippen LogP contribution in [0.3, 0.4) is 0 Å². The van der Waals surface area contributed by atoms with Gasteiger partial charge in [-0.3, -0.25) is 9.59 Å². The Kier molecular flexibility index (Phi) is 12.1. The number of rotatable bonds is 17. The van der Waals surface area contributed by atoms with Gasteiger partial charge in [0.15, 0.2) is 0 Å². The topological polar surface area (TPSA) is 116 Å². The smallest absolute Gasteiger partial charge is 0.414 e. The second kappa shape index (κ2) is 15.0. The molecule has 0 fully saturated rings. The fraction of sp³-hybridized carbons (Fsp3) is 0.571. The normalized spacial score (nSPS) is 11.8. The number of nitrogens with one attached hydrogen (secondary N) is 1. The van der Waals surface area contributed by atoms with E-state index in [4.69, 9.17) is 4.74 Å². The van der Waals surface area contributed by atoms with Gasteiger partial charge in [-0.25, -0.2) is 9.59 Å². The van der Waals surface area contributed by atoms with E-state index in [-0.39, 0.29) is 12.1 Å². The number of aliphatic carboxylic acids is 1. The number of carboxylic acid groups (broad SMARTS) is 1. The first kappa shape index (κ1) is 29.9. The molecule has 2 N–H and O–H groups in total. The van der Waals surface area contributed by atoms with Gasteiger partial charge in [-0.1, -0.05) is 64.5 Å². The van der Waals surface area contributed by atoms with Crippen LogP contribution in [0.25, 0.3) is 0 Å². The summed E-state index contributed by atoms with van der Waals surface area (Å²) >= 11 is 0. The number of carbonyl (C=O) groups excluding carboxylic acids is 1. The Morgan fingerprint density at radius 3 is 1.95 bits per heavy atom. The summed E-state index contributed by atoms with van der Waals surface area (Å²) in [6.45, 7) is 5.60. The molecule has 2 rings (SSSR count). The number of hydrogen-bond donors (Lipinski definition) is 2. The Labute approximate surface area is 219 Å². The molecular formula is C28H41N3O6. The summed E-state index contributed by atoms with van der Waals surface area (Å²) in [4.78, 5) is 52.1. The second-order valence-corrected chi connectivity index (χ2v) is 9.64. The Morgan fingerprint density at radius 1 is 0.892 bits per heavy atom. The summed E-state index contributed by atoms with van der Waals surface area (Å²) in [5.41, 5.74) is -0.125. The Balaban J connectivity index is 2.16. The molecule has 0 saturated carbocycles. The minimum atomic E-state index is -1.13. The van der Waals surface area contributed by atoms with Crippen molar-refractivity contribution < 1.29 is 19.4 Å². The van der Waals surface area contributed by atoms with Crippen LogP contribution >= 0.6 is 0 Å². The van der Waals surface area contributed by atoms with E-state index < -0.39 is 29.0 Å². The minimum absolute atomic E-state index is 0.0858. The van der Waals surface area contributed by atoms with Crippen LogP contribution in [0.4, 0.5) is 16.2 Å². The van der Waals surface area contributed by atoms with Crippen LogP contribution in [-0.4, -0.2) is 55.3 Å². The largest absolute Gasteiger partial charge is 0.480 e. The first-order valence-electron chi connectivity index (χ1n) is 13.2. The maximum absolute atomic E-state index is 12.6. The molecule has 1 amide bonds. The van der Waals surface area contributed by atoms with Gasteiger partial charge in [0.2, 0.25) is 0 Å². The third-order valence-corrected chi connectivity index (χ3v) is 6.31. The number of amides is 1. The molecule has 1 unspecified atom stereocenters. The van der Waals surface area contributed by atoms with Gasteiger partial charge in [0.1, 0.15) is 23.2 Å². The molecule has 9 heteroatoms. The van der Waals surface area contributed by atoms with Crippen LogP contribution in [0, 0.1) is 0 Å². The van der Waals surface area contributed by atoms with Crippen molar-refractivity contribution in [1.29, 1.82) is 0 Å². The fourth-order valence-corrected chi connectivity index (χ4v) is 4.11. The number of unbranched alkanes of at least 4 members (excludes halogenated alkanes) is 6. The lowest BCUT2D eigenvalue weighted by molar-refractivity contribution is -0.137. The van der Waals surface area contributed by atoms with E-state index in [1.54, 1.807) is 38.4 Å². The molecule has 9 nitrogen and oxygen atoms in total. The number of carbonyl (C=O) groups is 2. The Morgan fingerprint density at radius 2 is 1.46 bits per heavy atom. The molecule has 0 heterocycles. The average Bonchev–Trinajstić information content (AvgIpc) is 2.88. The fourth-order valence-electron chi connectivity index (χ4n) is 4.11. The number of ether oxygens (including phenoxy) is 1. The van der Waals surface area contributed by atoms with E-state index in [0.29, 0.717) is 30.1 Å². The van der Waals surface area contributed by atoms with E-state index in [9.17, 15) is 24.3 Å². The summed E-state index contributed by atoms with van der Waals surface area (Å²) < 4.78 is 5.20. The van der Waals surface area contributed by atoms with Crippen molar-refractivity contribution in [2.45, 2.75) is 77.7 Å². The third-order valence-electron chi connectivity index (χ3n) is 6.31. The van der Waals surface area contributed by atoms with Crippen LogP contribution in [0.5, 0.6) is 5.75 Å². The molecule has 0 saturated heterocycles. The summed E-state index contributed by atoms with van der Waals surface area (Å²) in [7, 11) is 3.15. The lowest BCUT2D eigenvalue weighted by atomic mass is 10.0. The highest BCUT2D eigenvalue weighted by Crippen LogP contribution is 2.24. The van der Waals surface area contributed by atoms with Gasteiger partial charge in [-0.2, -0.15) is 0 Å². The molecule has 1 atom stereocenters. The van der Waals surface area contributed by atoms with Gasteiger partial charge >= 0.3 is 12.1 Å². The maximum atomic E-state index is 12.6. The summed E-state index contributed by atoms with van der Waals surface area (Å²) in [6, 6.07) is 5.43. The monoisotopic (exact) mass is 515 g/mol. The predicted molar refractivity (Wildman–Crippen MR) is 147 cm³/mol. The zero-order valence-corrected chi connectivity index (χ0v) is 22.5. The molecule has 0 aliphatic rings. The van der Waals surface area contributed by atoms with Gasteiger partial charge < -0.3 is 25.0 Å². The first-order valence-corrected chi connectivity index (χ1v) is 13.2. The minimum Gasteiger partial charge on any atom is -0.480 e. The lowest BCUT2D eigenvalue weighted by Gasteiger charge is -2.29. The molecule has 0 aliphatic carbocycles. The Hall–Kier alpha value is -3.36. The lowest BCUT2D eigenvalue weighted by Crippen LogP contribution is -2.46. The highest BCUT2D eigenvalue weighted by Gasteiger charge is 2.29. The first-order chi connectivity index (χ1) is 17.7. The van der Waals surface area contributed by atoms with Crippen molar-refractivity contribution in [3.8, 4) is 5.75 Å². The van der Waals surface area contributed by atoms with Crippen molar-refractivity contribution in [2.24, 2.45) is 0 Å². The highest BCUT2D eigenvalue weighted by molar-refractivity contribution is 5.83. The summed E-state index contributed by atoms with van der Waals surface area (Å²) in [5.74, 6) is -0.784. The molecule has 0 bridgehead atoms. The standard InChI is InChI=1S/C28H41N3O6/c1-5-7-9-11-17-31(18-12-10-8-6-2)24-23(25(32)26(24)33)29-22(27(34)35)19-20-13-15-21(16-14-20)37-28(36)30(3)4/h13-16,22,29H,5-12,17-19H2,1-4H3,(H,34,35). The zero-order chi connectivity index (χ0) is 27.4. The quantitative estimate of drug-likeness (QED) is 0.235. The number of nitrogens with zero attached hydrogens (tertiary/aromatic N) is 2. The van der Waals surface area contributed by atoms with Crippen LogP contribution in [-0.2, 0) is 11.2 Å². The number of carboxylic acids is 1. The van der Waals surface area contributed by atoms with E-state index in [0.717, 1.165) is 51.4 Å². The van der Waals surface area contributed by atoms with Crippen LogP contribution in [0.1, 0.15) is 70.8 Å². The Bertz CT molecular complexity index is 1060. The van der Waals surface area contributed by atoms with Gasteiger partial charge in [0, 0.05) is 33.6 Å². The molecule has 0 radical (unpaired) electrons. The van der Waals surface area contributed by atoms with Crippen LogP contribution in [0.2, 0.25) is 0 Å². The van der Waals surface area contributed by atoms with Crippen molar-refractivity contribution >= 4 is 23.4 Å². The van der Waals surface area contributed by atoms with Gasteiger partial charge in [0.25, 0.3) is 10.9 Å². The SMILES string of the molecule is CCCCCCN(CCCCCC)c1c(NC(Cc2ccc(OC(=O)N(C)C)cc2)C(=O)O)c(=O)c1=O. The number of hydrogen-bond acceptors (Lipinski definition) is 7. The van der Waals surface area contributed by atoms with Crippen molar-refractivity contribution in [2.75, 3.05) is 37.4 Å². The van der Waals surface area contributed by atoms with Gasteiger partial charge in [-0.15, -0.1) is 0 Å². The number of benzene rings is 1. The molecule has 204 valence electrons. The van der Waals surface area contributed by atoms with Crippen molar-refractivity contribution in [1.82, 2.24) is 4.90 Å². The zero-order valence-electron chi connectivity index (χ0n) is 22.5. The molecule has 0 spiro atoms. The van der Waals surface area contributed by atoms with Crippen molar-refractivity contribution in [3.05, 3.63) is 50.3 Å². The van der Waals surface area contributed by atoms with E-state index in [1.165, 1.54) is 4.90 Å². The molecule has 2 aromatic rings. The van der Waals surface area contributed by atoms with Crippen LogP contribution in [0.15, 0.2) is 33.9 Å². The summed E-state index contributed by atoms with van der Waals surface area (Å²) in [5, 5.41) is 12.7. The molecule has 0 aromatic heterocycles. The molecule has 2 aromatic carbocycles. The molecule has 37 heavy (non-hydrogen) atoms. The molecule has 0 aliphatic heterocycles. The van der Waals surface area contributed by atoms with Gasteiger partial charge in [0.05, 0.1) is 0 Å². The predicted octanol–water partition coefficient (Wildman–Crippen LogP) is 4.42. The molecular weight excluding hydrogens is 474 g/mol. The van der Waals surface area contributed by atoms with Crippen LogP contribution < -0.4 is 25.8 Å². The van der Waals surface area contributed by atoms with E-state index >= 15 is 0 Å². The van der Waals surface area contributed by atoms with Crippen molar-refractivity contribution in [3.63, 3.8) is 0 Å². The van der Waals surface area contributed by atoms with E-state index in [1.807, 2.05) is 4.90 Å². The number of anilines is 2. The average molecular weight is 516 g/mol. The highest BCUT2D eigenvalue weighted by atomic mass is 16.6. The second-order valence-electron chi connectivity index (χ2n) is 9.64. The maximum Gasteiger partial charge on any atom is 0.414 e.